The van der Waals surface area contributed by atoms with E-state index in [4.69, 9.17) is 4.74 Å². The molecule has 6 heteroatoms. The molecule has 0 aromatic heterocycles. The minimum atomic E-state index is -0.683. The van der Waals surface area contributed by atoms with Gasteiger partial charge in [0.25, 0.3) is 5.91 Å². The van der Waals surface area contributed by atoms with Crippen LogP contribution in [0.4, 0.5) is 4.79 Å². The van der Waals surface area contributed by atoms with Gasteiger partial charge in [0.2, 0.25) is 0 Å². The molecule has 0 bridgehead atoms. The van der Waals surface area contributed by atoms with Crippen LogP contribution in [0.1, 0.15) is 22.8 Å². The van der Waals surface area contributed by atoms with E-state index in [1.165, 1.54) is 7.05 Å². The van der Waals surface area contributed by atoms with Crippen LogP contribution < -0.4 is 10.6 Å². The number of carbonyl (C=O) groups is 3. The third-order valence-electron chi connectivity index (χ3n) is 2.41. The summed E-state index contributed by atoms with van der Waals surface area (Å²) < 4.78 is 4.78. The molecule has 0 aliphatic rings. The number of aryl methyl sites for hydroxylation is 1. The molecule has 0 unspecified atom stereocenters. The predicted octanol–water partition coefficient (Wildman–Crippen LogP) is 0.861. The predicted molar refractivity (Wildman–Crippen MR) is 68.7 cm³/mol. The first-order valence-corrected chi connectivity index (χ1v) is 5.84. The van der Waals surface area contributed by atoms with E-state index in [9.17, 15) is 14.4 Å². The fourth-order valence-corrected chi connectivity index (χ4v) is 1.32. The molecule has 0 radical (unpaired) electrons. The summed E-state index contributed by atoms with van der Waals surface area (Å²) in [5.41, 5.74) is 1.47. The molecule has 0 atom stereocenters. The van der Waals surface area contributed by atoms with Gasteiger partial charge in [0.15, 0.2) is 6.61 Å². The Kier molecular flexibility index (Phi) is 5.53. The third-order valence-corrected chi connectivity index (χ3v) is 2.41. The fraction of sp³-hybridized carbons (Fsp3) is 0.308. The molecule has 1 rings (SSSR count). The molecule has 0 saturated carbocycles. The van der Waals surface area contributed by atoms with Crippen LogP contribution in [0.25, 0.3) is 0 Å². The van der Waals surface area contributed by atoms with Crippen LogP contribution in [0.15, 0.2) is 24.3 Å². The van der Waals surface area contributed by atoms with Crippen molar-refractivity contribution >= 4 is 17.9 Å². The van der Waals surface area contributed by atoms with Gasteiger partial charge >= 0.3 is 12.0 Å². The minimum absolute atomic E-state index is 0.366. The van der Waals surface area contributed by atoms with Crippen LogP contribution >= 0.6 is 0 Å². The van der Waals surface area contributed by atoms with Gasteiger partial charge in [-0.25, -0.2) is 9.59 Å². The molecule has 0 heterocycles. The smallest absolute Gasteiger partial charge is 0.338 e. The first kappa shape index (κ1) is 14.7. The molecule has 102 valence electrons. The normalized spacial score (nSPS) is 9.58. The summed E-state index contributed by atoms with van der Waals surface area (Å²) >= 11 is 0. The molecule has 1 aromatic rings. The average molecular weight is 264 g/mol. The second-order valence-electron chi connectivity index (χ2n) is 3.75. The number of hydrogen-bond acceptors (Lipinski definition) is 4. The van der Waals surface area contributed by atoms with Crippen LogP contribution in [0, 0.1) is 0 Å². The lowest BCUT2D eigenvalue weighted by Crippen LogP contribution is -2.39. The van der Waals surface area contributed by atoms with Crippen molar-refractivity contribution in [1.82, 2.24) is 10.6 Å². The molecule has 2 N–H and O–H groups in total. The number of imide groups is 1. The monoisotopic (exact) mass is 264 g/mol. The second-order valence-corrected chi connectivity index (χ2v) is 3.75. The summed E-state index contributed by atoms with van der Waals surface area (Å²) in [6.45, 7) is 1.51. The molecule has 0 spiro atoms. The highest BCUT2D eigenvalue weighted by Gasteiger charge is 2.11. The van der Waals surface area contributed by atoms with Gasteiger partial charge in [-0.1, -0.05) is 19.1 Å². The van der Waals surface area contributed by atoms with E-state index in [2.05, 4.69) is 5.32 Å². The maximum atomic E-state index is 11.6. The maximum Gasteiger partial charge on any atom is 0.338 e. The number of urea groups is 1. The van der Waals surface area contributed by atoms with Crippen molar-refractivity contribution in [2.75, 3.05) is 13.7 Å². The Morgan fingerprint density at radius 3 is 2.32 bits per heavy atom. The van der Waals surface area contributed by atoms with Gasteiger partial charge in [0, 0.05) is 7.05 Å². The number of ether oxygens (including phenoxy) is 1. The lowest BCUT2D eigenvalue weighted by atomic mass is 10.1. The molecule has 0 aliphatic heterocycles. The maximum absolute atomic E-state index is 11.6. The van der Waals surface area contributed by atoms with Gasteiger partial charge in [-0.15, -0.1) is 0 Å². The van der Waals surface area contributed by atoms with Crippen molar-refractivity contribution < 1.29 is 19.1 Å². The molecule has 19 heavy (non-hydrogen) atoms. The summed E-state index contributed by atoms with van der Waals surface area (Å²) in [7, 11) is 1.38. The van der Waals surface area contributed by atoms with E-state index in [1.54, 1.807) is 12.1 Å². The zero-order valence-corrected chi connectivity index (χ0v) is 10.9. The van der Waals surface area contributed by atoms with E-state index in [-0.39, 0.29) is 0 Å². The average Bonchev–Trinajstić information content (AvgIpc) is 2.44. The van der Waals surface area contributed by atoms with Crippen LogP contribution in [0.2, 0.25) is 0 Å². The zero-order chi connectivity index (χ0) is 14.3. The van der Waals surface area contributed by atoms with E-state index >= 15 is 0 Å². The number of esters is 1. The number of carbonyl (C=O) groups excluding carboxylic acids is 3. The number of nitrogens with one attached hydrogen (secondary N) is 2. The molecule has 3 amide bonds. The molecular formula is C13H16N2O4. The standard InChI is InChI=1S/C13H16N2O4/c1-3-9-4-6-10(7-5-9)12(17)19-8-11(16)15-13(18)14-2/h4-7H,3,8H2,1-2H3,(H2,14,15,16,18). The molecular weight excluding hydrogens is 248 g/mol. The van der Waals surface area contributed by atoms with E-state index in [1.807, 2.05) is 24.4 Å². The minimum Gasteiger partial charge on any atom is -0.452 e. The van der Waals surface area contributed by atoms with Crippen molar-refractivity contribution in [3.05, 3.63) is 35.4 Å². The SMILES string of the molecule is CCc1ccc(C(=O)OCC(=O)NC(=O)NC)cc1. The summed E-state index contributed by atoms with van der Waals surface area (Å²) in [5.74, 6) is -1.28. The van der Waals surface area contributed by atoms with E-state index < -0.39 is 24.5 Å². The molecule has 0 aliphatic carbocycles. The largest absolute Gasteiger partial charge is 0.452 e. The highest BCUT2D eigenvalue weighted by molar-refractivity contribution is 5.96. The van der Waals surface area contributed by atoms with Crippen LogP contribution in [-0.2, 0) is 16.0 Å². The highest BCUT2D eigenvalue weighted by atomic mass is 16.5. The quantitative estimate of drug-likeness (QED) is 0.790. The second kappa shape index (κ2) is 7.15. The van der Waals surface area contributed by atoms with E-state index in [0.717, 1.165) is 12.0 Å². The summed E-state index contributed by atoms with van der Waals surface area (Å²) in [6, 6.07) is 6.27. The van der Waals surface area contributed by atoms with Gasteiger partial charge in [0.05, 0.1) is 5.56 Å². The van der Waals surface area contributed by atoms with Crippen molar-refractivity contribution in [3.63, 3.8) is 0 Å². The number of benzene rings is 1. The van der Waals surface area contributed by atoms with Gasteiger partial charge in [-0.2, -0.15) is 0 Å². The highest BCUT2D eigenvalue weighted by Crippen LogP contribution is 2.06. The van der Waals surface area contributed by atoms with Crippen LogP contribution in [0.5, 0.6) is 0 Å². The Bertz CT molecular complexity index is 468. The Labute approximate surface area is 111 Å². The Morgan fingerprint density at radius 1 is 1.16 bits per heavy atom. The van der Waals surface area contributed by atoms with Crippen molar-refractivity contribution in [2.24, 2.45) is 0 Å². The Balaban J connectivity index is 2.46. The van der Waals surface area contributed by atoms with Gasteiger partial charge in [-0.05, 0) is 24.1 Å². The lowest BCUT2D eigenvalue weighted by Gasteiger charge is -2.05. The molecule has 6 nitrogen and oxygen atoms in total. The summed E-state index contributed by atoms with van der Waals surface area (Å²) in [5, 5.41) is 4.20. The third kappa shape index (κ3) is 4.79. The van der Waals surface area contributed by atoms with Crippen LogP contribution in [-0.4, -0.2) is 31.6 Å². The van der Waals surface area contributed by atoms with Crippen molar-refractivity contribution in [3.8, 4) is 0 Å². The molecule has 0 saturated heterocycles. The fourth-order valence-electron chi connectivity index (χ4n) is 1.32. The lowest BCUT2D eigenvalue weighted by molar-refractivity contribution is -0.123. The number of hydrogen-bond donors (Lipinski definition) is 2. The van der Waals surface area contributed by atoms with Gasteiger partial charge in [0.1, 0.15) is 0 Å². The first-order valence-electron chi connectivity index (χ1n) is 5.84. The van der Waals surface area contributed by atoms with Crippen LogP contribution in [0.3, 0.4) is 0 Å². The molecule has 1 aromatic carbocycles. The Morgan fingerprint density at radius 2 is 1.79 bits per heavy atom. The van der Waals surface area contributed by atoms with E-state index in [0.29, 0.717) is 5.56 Å². The first-order chi connectivity index (χ1) is 9.06. The topological polar surface area (TPSA) is 84.5 Å². The van der Waals surface area contributed by atoms with Crippen molar-refractivity contribution in [2.45, 2.75) is 13.3 Å². The zero-order valence-electron chi connectivity index (χ0n) is 10.9. The summed E-state index contributed by atoms with van der Waals surface area (Å²) in [6.07, 6.45) is 0.879. The Hall–Kier alpha value is -2.37. The number of rotatable bonds is 4. The summed E-state index contributed by atoms with van der Waals surface area (Å²) in [4.78, 5) is 33.6. The number of amides is 3. The van der Waals surface area contributed by atoms with Crippen molar-refractivity contribution in [1.29, 1.82) is 0 Å². The van der Waals surface area contributed by atoms with Gasteiger partial charge < -0.3 is 10.1 Å². The van der Waals surface area contributed by atoms with Gasteiger partial charge in [-0.3, -0.25) is 10.1 Å². The molecule has 0 fully saturated rings.